The summed E-state index contributed by atoms with van der Waals surface area (Å²) in [5.74, 6) is 0. The first-order chi connectivity index (χ1) is 6.42. The Hall–Kier alpha value is -1.42. The molecule has 0 aromatic carbocycles. The van der Waals surface area contributed by atoms with Gasteiger partial charge in [-0.3, -0.25) is 0 Å². The number of rotatable bonds is 3. The van der Waals surface area contributed by atoms with Crippen LogP contribution >= 0.6 is 0 Å². The van der Waals surface area contributed by atoms with Crippen LogP contribution in [0.15, 0.2) is 24.5 Å². The Morgan fingerprint density at radius 1 is 1.54 bits per heavy atom. The molecule has 0 N–H and O–H groups in total. The van der Waals surface area contributed by atoms with Crippen molar-refractivity contribution in [2.45, 2.75) is 6.54 Å². The predicted molar refractivity (Wildman–Crippen MR) is 49.4 cm³/mol. The van der Waals surface area contributed by atoms with Crippen molar-refractivity contribution in [2.75, 3.05) is 13.7 Å². The summed E-state index contributed by atoms with van der Waals surface area (Å²) in [6.07, 6.45) is 3.59. The summed E-state index contributed by atoms with van der Waals surface area (Å²) < 4.78 is 6.82. The van der Waals surface area contributed by atoms with Crippen molar-refractivity contribution >= 4 is 11.0 Å². The molecule has 0 saturated carbocycles. The lowest BCUT2D eigenvalue weighted by Crippen LogP contribution is -2.05. The van der Waals surface area contributed by atoms with Gasteiger partial charge in [0.2, 0.25) is 0 Å². The topological polar surface area (TPSA) is 39.9 Å². The largest absolute Gasteiger partial charge is 0.383 e. The first kappa shape index (κ1) is 8.19. The van der Waals surface area contributed by atoms with Crippen LogP contribution < -0.4 is 0 Å². The number of ether oxygens (including phenoxy) is 1. The van der Waals surface area contributed by atoms with Gasteiger partial charge in [0.05, 0.1) is 19.3 Å². The second-order valence-corrected chi connectivity index (χ2v) is 2.78. The van der Waals surface area contributed by atoms with Gasteiger partial charge < -0.3 is 4.74 Å². The van der Waals surface area contributed by atoms with E-state index in [1.54, 1.807) is 13.3 Å². The van der Waals surface area contributed by atoms with Crippen LogP contribution in [-0.2, 0) is 11.3 Å². The number of aromatic nitrogens is 3. The van der Waals surface area contributed by atoms with Gasteiger partial charge in [-0.25, -0.2) is 9.67 Å². The first-order valence-electron chi connectivity index (χ1n) is 4.17. The standard InChI is InChI=1S/C9H11N3O/c1-13-6-5-12-9-8(7-11-12)3-2-4-10-9/h2-4,7H,5-6H2,1H3. The quantitative estimate of drug-likeness (QED) is 0.704. The van der Waals surface area contributed by atoms with Gasteiger partial charge in [-0.1, -0.05) is 0 Å². The fourth-order valence-electron chi connectivity index (χ4n) is 1.25. The molecule has 2 aromatic rings. The summed E-state index contributed by atoms with van der Waals surface area (Å²) in [6, 6.07) is 3.91. The van der Waals surface area contributed by atoms with Gasteiger partial charge in [0.15, 0.2) is 5.65 Å². The van der Waals surface area contributed by atoms with E-state index in [9.17, 15) is 0 Å². The maximum atomic E-state index is 4.98. The van der Waals surface area contributed by atoms with Gasteiger partial charge in [0, 0.05) is 18.7 Å². The molecule has 0 saturated heterocycles. The lowest BCUT2D eigenvalue weighted by molar-refractivity contribution is 0.184. The fraction of sp³-hybridized carbons (Fsp3) is 0.333. The molecule has 2 rings (SSSR count). The van der Waals surface area contributed by atoms with Crippen LogP contribution in [0.4, 0.5) is 0 Å². The van der Waals surface area contributed by atoms with Gasteiger partial charge in [0.25, 0.3) is 0 Å². The molecule has 0 aliphatic heterocycles. The third-order valence-corrected chi connectivity index (χ3v) is 1.90. The second kappa shape index (κ2) is 3.53. The molecule has 0 spiro atoms. The summed E-state index contributed by atoms with van der Waals surface area (Å²) >= 11 is 0. The highest BCUT2D eigenvalue weighted by atomic mass is 16.5. The molecule has 2 heterocycles. The molecule has 4 nitrogen and oxygen atoms in total. The van der Waals surface area contributed by atoms with E-state index >= 15 is 0 Å². The molecule has 0 radical (unpaired) electrons. The zero-order chi connectivity index (χ0) is 9.10. The Morgan fingerprint density at radius 3 is 3.31 bits per heavy atom. The number of hydrogen-bond acceptors (Lipinski definition) is 3. The minimum Gasteiger partial charge on any atom is -0.383 e. The molecule has 0 unspecified atom stereocenters. The highest BCUT2D eigenvalue weighted by molar-refractivity contribution is 5.73. The van der Waals surface area contributed by atoms with Gasteiger partial charge in [-0.05, 0) is 12.1 Å². The normalized spacial score (nSPS) is 10.8. The van der Waals surface area contributed by atoms with Crippen molar-refractivity contribution in [2.24, 2.45) is 0 Å². The van der Waals surface area contributed by atoms with Crippen LogP contribution in [0.2, 0.25) is 0 Å². The number of nitrogens with zero attached hydrogens (tertiary/aromatic N) is 3. The molecular formula is C9H11N3O. The average molecular weight is 177 g/mol. The van der Waals surface area contributed by atoms with E-state index in [1.807, 2.05) is 23.0 Å². The Bertz CT molecular complexity index is 396. The summed E-state index contributed by atoms with van der Waals surface area (Å²) in [7, 11) is 1.68. The van der Waals surface area contributed by atoms with E-state index in [-0.39, 0.29) is 0 Å². The summed E-state index contributed by atoms with van der Waals surface area (Å²) in [5, 5.41) is 5.28. The van der Waals surface area contributed by atoms with Crippen molar-refractivity contribution in [1.82, 2.24) is 14.8 Å². The molecule has 0 aliphatic rings. The Labute approximate surface area is 76.1 Å². The van der Waals surface area contributed by atoms with Crippen LogP contribution in [0.1, 0.15) is 0 Å². The molecule has 13 heavy (non-hydrogen) atoms. The lowest BCUT2D eigenvalue weighted by atomic mass is 10.4. The van der Waals surface area contributed by atoms with Crippen molar-refractivity contribution in [3.05, 3.63) is 24.5 Å². The second-order valence-electron chi connectivity index (χ2n) is 2.78. The number of pyridine rings is 1. The average Bonchev–Trinajstić information content (AvgIpc) is 2.58. The van der Waals surface area contributed by atoms with E-state index < -0.39 is 0 Å². The lowest BCUT2D eigenvalue weighted by Gasteiger charge is -2.00. The van der Waals surface area contributed by atoms with Crippen molar-refractivity contribution in [1.29, 1.82) is 0 Å². The SMILES string of the molecule is COCCn1ncc2cccnc21. The molecule has 0 atom stereocenters. The van der Waals surface area contributed by atoms with E-state index in [4.69, 9.17) is 4.74 Å². The Morgan fingerprint density at radius 2 is 2.46 bits per heavy atom. The Kier molecular flexibility index (Phi) is 2.23. The predicted octanol–water partition coefficient (Wildman–Crippen LogP) is 1.08. The van der Waals surface area contributed by atoms with E-state index in [2.05, 4.69) is 10.1 Å². The fourth-order valence-corrected chi connectivity index (χ4v) is 1.25. The zero-order valence-corrected chi connectivity index (χ0v) is 7.47. The molecule has 68 valence electrons. The monoisotopic (exact) mass is 177 g/mol. The summed E-state index contributed by atoms with van der Waals surface area (Å²) in [5.41, 5.74) is 0.916. The van der Waals surface area contributed by atoms with E-state index in [0.717, 1.165) is 17.6 Å². The van der Waals surface area contributed by atoms with Gasteiger partial charge >= 0.3 is 0 Å². The molecule has 0 amide bonds. The van der Waals surface area contributed by atoms with Crippen LogP contribution in [0.25, 0.3) is 11.0 Å². The molecular weight excluding hydrogens is 166 g/mol. The van der Waals surface area contributed by atoms with E-state index in [0.29, 0.717) is 6.61 Å². The van der Waals surface area contributed by atoms with Gasteiger partial charge in [0.1, 0.15) is 0 Å². The molecule has 0 fully saturated rings. The van der Waals surface area contributed by atoms with Crippen LogP contribution in [0.3, 0.4) is 0 Å². The molecule has 4 heteroatoms. The highest BCUT2D eigenvalue weighted by Crippen LogP contribution is 2.08. The van der Waals surface area contributed by atoms with Crippen molar-refractivity contribution in [3.63, 3.8) is 0 Å². The van der Waals surface area contributed by atoms with Crippen LogP contribution in [0.5, 0.6) is 0 Å². The van der Waals surface area contributed by atoms with E-state index in [1.165, 1.54) is 0 Å². The van der Waals surface area contributed by atoms with Crippen LogP contribution in [-0.4, -0.2) is 28.5 Å². The number of hydrogen-bond donors (Lipinski definition) is 0. The maximum Gasteiger partial charge on any atom is 0.157 e. The van der Waals surface area contributed by atoms with Crippen molar-refractivity contribution in [3.8, 4) is 0 Å². The Balaban J connectivity index is 2.35. The third kappa shape index (κ3) is 1.53. The first-order valence-corrected chi connectivity index (χ1v) is 4.17. The van der Waals surface area contributed by atoms with Crippen molar-refractivity contribution < 1.29 is 4.74 Å². The molecule has 0 aliphatic carbocycles. The number of fused-ring (bicyclic) bond motifs is 1. The van der Waals surface area contributed by atoms with Gasteiger partial charge in [-0.2, -0.15) is 5.10 Å². The molecule has 0 bridgehead atoms. The minimum absolute atomic E-state index is 0.660. The summed E-state index contributed by atoms with van der Waals surface area (Å²) in [4.78, 5) is 4.24. The minimum atomic E-state index is 0.660. The van der Waals surface area contributed by atoms with Gasteiger partial charge in [-0.15, -0.1) is 0 Å². The highest BCUT2D eigenvalue weighted by Gasteiger charge is 2.01. The van der Waals surface area contributed by atoms with Crippen LogP contribution in [0, 0.1) is 0 Å². The smallest absolute Gasteiger partial charge is 0.157 e. The zero-order valence-electron chi connectivity index (χ0n) is 7.47. The third-order valence-electron chi connectivity index (χ3n) is 1.90. The number of methoxy groups -OCH3 is 1. The maximum absolute atomic E-state index is 4.98. The summed E-state index contributed by atoms with van der Waals surface area (Å²) in [6.45, 7) is 1.41. The molecule has 2 aromatic heterocycles.